The van der Waals surface area contributed by atoms with Crippen LogP contribution in [0.25, 0.3) is 10.9 Å². The molecule has 2 rings (SSSR count). The van der Waals surface area contributed by atoms with Crippen molar-refractivity contribution in [2.24, 2.45) is 11.8 Å². The van der Waals surface area contributed by atoms with Crippen molar-refractivity contribution in [1.29, 1.82) is 0 Å². The van der Waals surface area contributed by atoms with Crippen molar-refractivity contribution in [3.63, 3.8) is 0 Å². The molecule has 0 amide bonds. The molecule has 1 unspecified atom stereocenters. The number of nitrogens with one attached hydrogen (secondary N) is 1. The fourth-order valence-corrected chi connectivity index (χ4v) is 1.88. The number of hydrogen-bond donors (Lipinski definition) is 1. The van der Waals surface area contributed by atoms with E-state index in [2.05, 4.69) is 4.98 Å². The third-order valence-electron chi connectivity index (χ3n) is 3.33. The molecule has 1 N–H and O–H groups in total. The first-order valence-corrected chi connectivity index (χ1v) is 5.82. The third kappa shape index (κ3) is 1.97. The summed E-state index contributed by atoms with van der Waals surface area (Å²) in [5.41, 5.74) is 1.13. The van der Waals surface area contributed by atoms with Crippen molar-refractivity contribution < 1.29 is 9.18 Å². The van der Waals surface area contributed by atoms with Crippen molar-refractivity contribution in [3.05, 3.63) is 35.8 Å². The van der Waals surface area contributed by atoms with Crippen molar-refractivity contribution in [2.75, 3.05) is 0 Å². The number of aromatic amines is 1. The number of carbonyl (C=O) groups excluding carboxylic acids is 1. The molecule has 0 radical (unpaired) electrons. The minimum absolute atomic E-state index is 0.00338. The van der Waals surface area contributed by atoms with E-state index in [1.165, 1.54) is 6.07 Å². The van der Waals surface area contributed by atoms with Crippen LogP contribution < -0.4 is 0 Å². The van der Waals surface area contributed by atoms with E-state index in [4.69, 9.17) is 0 Å². The van der Waals surface area contributed by atoms with Crippen LogP contribution in [0, 0.1) is 17.7 Å². The molecule has 0 aliphatic heterocycles. The highest BCUT2D eigenvalue weighted by Gasteiger charge is 2.22. The topological polar surface area (TPSA) is 32.9 Å². The summed E-state index contributed by atoms with van der Waals surface area (Å²) in [7, 11) is 0. The first kappa shape index (κ1) is 11.8. The van der Waals surface area contributed by atoms with Crippen LogP contribution in [0.5, 0.6) is 0 Å². The van der Waals surface area contributed by atoms with E-state index in [0.29, 0.717) is 16.5 Å². The lowest BCUT2D eigenvalue weighted by atomic mass is 9.89. The maximum atomic E-state index is 13.7. The summed E-state index contributed by atoms with van der Waals surface area (Å²) in [6.07, 6.45) is 1.61. The van der Waals surface area contributed by atoms with Gasteiger partial charge in [-0.1, -0.05) is 26.8 Å². The van der Waals surface area contributed by atoms with Crippen molar-refractivity contribution >= 4 is 16.7 Å². The van der Waals surface area contributed by atoms with Gasteiger partial charge in [-0.15, -0.1) is 0 Å². The van der Waals surface area contributed by atoms with Gasteiger partial charge in [-0.2, -0.15) is 0 Å². The van der Waals surface area contributed by atoms with E-state index in [-0.39, 0.29) is 23.4 Å². The molecule has 0 bridgehead atoms. The van der Waals surface area contributed by atoms with E-state index < -0.39 is 0 Å². The first-order chi connectivity index (χ1) is 8.02. The second-order valence-electron chi connectivity index (χ2n) is 4.76. The van der Waals surface area contributed by atoms with Crippen molar-refractivity contribution in [1.82, 2.24) is 4.98 Å². The Labute approximate surface area is 99.8 Å². The standard InChI is InChI=1S/C14H16FNO/c1-8(2)9(3)14(17)10-7-16-12-6-4-5-11(15)13(10)12/h4-9,16H,1-3H3. The molecule has 1 atom stereocenters. The maximum Gasteiger partial charge on any atom is 0.168 e. The average molecular weight is 233 g/mol. The van der Waals surface area contributed by atoms with Gasteiger partial charge in [0.05, 0.1) is 0 Å². The summed E-state index contributed by atoms with van der Waals surface area (Å²) in [6.45, 7) is 5.87. The third-order valence-corrected chi connectivity index (χ3v) is 3.33. The summed E-state index contributed by atoms with van der Waals surface area (Å²) in [4.78, 5) is 15.2. The molecule has 2 nitrogen and oxygen atoms in total. The predicted octanol–water partition coefficient (Wildman–Crippen LogP) is 3.78. The minimum Gasteiger partial charge on any atom is -0.360 e. The second kappa shape index (κ2) is 4.32. The van der Waals surface area contributed by atoms with Crippen LogP contribution in [0.15, 0.2) is 24.4 Å². The number of fused-ring (bicyclic) bond motifs is 1. The van der Waals surface area contributed by atoms with Gasteiger partial charge in [0, 0.05) is 28.6 Å². The molecule has 0 saturated heterocycles. The van der Waals surface area contributed by atoms with Crippen molar-refractivity contribution in [3.8, 4) is 0 Å². The van der Waals surface area contributed by atoms with Gasteiger partial charge in [0.25, 0.3) is 0 Å². The quantitative estimate of drug-likeness (QED) is 0.804. The highest BCUT2D eigenvalue weighted by Crippen LogP contribution is 2.25. The Hall–Kier alpha value is -1.64. The van der Waals surface area contributed by atoms with Crippen molar-refractivity contribution in [2.45, 2.75) is 20.8 Å². The lowest BCUT2D eigenvalue weighted by Crippen LogP contribution is -2.16. The van der Waals surface area contributed by atoms with Gasteiger partial charge in [0.1, 0.15) is 5.82 Å². The zero-order valence-corrected chi connectivity index (χ0v) is 10.3. The number of benzene rings is 1. The van der Waals surface area contributed by atoms with Gasteiger partial charge in [0.15, 0.2) is 5.78 Å². The molecule has 0 spiro atoms. The lowest BCUT2D eigenvalue weighted by Gasteiger charge is -2.13. The summed E-state index contributed by atoms with van der Waals surface area (Å²) in [5, 5.41) is 0.407. The Morgan fingerprint density at radius 2 is 2.00 bits per heavy atom. The lowest BCUT2D eigenvalue weighted by molar-refractivity contribution is 0.0901. The summed E-state index contributed by atoms with van der Waals surface area (Å²) >= 11 is 0. The monoisotopic (exact) mass is 233 g/mol. The van der Waals surface area contributed by atoms with Gasteiger partial charge in [0.2, 0.25) is 0 Å². The molecule has 90 valence electrons. The largest absolute Gasteiger partial charge is 0.360 e. The van der Waals surface area contributed by atoms with E-state index in [9.17, 15) is 9.18 Å². The van der Waals surface area contributed by atoms with E-state index >= 15 is 0 Å². The molecular weight excluding hydrogens is 217 g/mol. The molecule has 2 aromatic rings. The zero-order chi connectivity index (χ0) is 12.6. The van der Waals surface area contributed by atoms with Crippen LogP contribution in [0.3, 0.4) is 0 Å². The Morgan fingerprint density at radius 3 is 2.65 bits per heavy atom. The Balaban J connectivity index is 2.53. The number of rotatable bonds is 3. The Morgan fingerprint density at radius 1 is 1.29 bits per heavy atom. The highest BCUT2D eigenvalue weighted by atomic mass is 19.1. The van der Waals surface area contributed by atoms with Gasteiger partial charge in [-0.25, -0.2) is 4.39 Å². The molecule has 1 aromatic carbocycles. The van der Waals surface area contributed by atoms with Gasteiger partial charge < -0.3 is 4.98 Å². The zero-order valence-electron chi connectivity index (χ0n) is 10.3. The molecule has 17 heavy (non-hydrogen) atoms. The number of aromatic nitrogens is 1. The van der Waals surface area contributed by atoms with Crippen LogP contribution in [0.1, 0.15) is 31.1 Å². The molecule has 0 fully saturated rings. The summed E-state index contributed by atoms with van der Waals surface area (Å²) in [6, 6.07) is 4.79. The van der Waals surface area contributed by atoms with Crippen LogP contribution in [-0.2, 0) is 0 Å². The van der Waals surface area contributed by atoms with Crippen LogP contribution >= 0.6 is 0 Å². The number of H-pyrrole nitrogens is 1. The summed E-state index contributed by atoms with van der Waals surface area (Å²) in [5.74, 6) is -0.202. The number of carbonyl (C=O) groups is 1. The number of halogens is 1. The number of hydrogen-bond acceptors (Lipinski definition) is 1. The number of Topliss-reactive ketones (excluding diaryl/α,β-unsaturated/α-hetero) is 1. The maximum absolute atomic E-state index is 13.7. The van der Waals surface area contributed by atoms with Gasteiger partial charge in [-0.3, -0.25) is 4.79 Å². The number of ketones is 1. The van der Waals surface area contributed by atoms with E-state index in [1.54, 1.807) is 18.3 Å². The van der Waals surface area contributed by atoms with Crippen LogP contribution in [-0.4, -0.2) is 10.8 Å². The SMILES string of the molecule is CC(C)C(C)C(=O)c1c[nH]c2cccc(F)c12. The minimum atomic E-state index is -0.344. The Bertz CT molecular complexity index is 556. The molecule has 0 saturated carbocycles. The molecule has 1 heterocycles. The molecule has 3 heteroatoms. The van der Waals surface area contributed by atoms with Crippen LogP contribution in [0.4, 0.5) is 4.39 Å². The molecule has 0 aliphatic rings. The normalized spacial score (nSPS) is 13.2. The fraction of sp³-hybridized carbons (Fsp3) is 0.357. The van der Waals surface area contributed by atoms with E-state index in [0.717, 1.165) is 0 Å². The second-order valence-corrected chi connectivity index (χ2v) is 4.76. The van der Waals surface area contributed by atoms with Gasteiger partial charge >= 0.3 is 0 Å². The van der Waals surface area contributed by atoms with E-state index in [1.807, 2.05) is 20.8 Å². The van der Waals surface area contributed by atoms with Gasteiger partial charge in [-0.05, 0) is 18.1 Å². The van der Waals surface area contributed by atoms with Crippen LogP contribution in [0.2, 0.25) is 0 Å². The fourth-order valence-electron chi connectivity index (χ4n) is 1.88. The molecule has 1 aromatic heterocycles. The highest BCUT2D eigenvalue weighted by molar-refractivity contribution is 6.09. The summed E-state index contributed by atoms with van der Waals surface area (Å²) < 4.78 is 13.7. The Kier molecular flexibility index (Phi) is 3.01. The smallest absolute Gasteiger partial charge is 0.168 e. The average Bonchev–Trinajstić information content (AvgIpc) is 2.72. The predicted molar refractivity (Wildman–Crippen MR) is 66.6 cm³/mol. The molecular formula is C14H16FNO. The first-order valence-electron chi connectivity index (χ1n) is 5.82. The molecule has 0 aliphatic carbocycles.